The van der Waals surface area contributed by atoms with E-state index in [9.17, 15) is 17.6 Å². The van der Waals surface area contributed by atoms with Crippen LogP contribution in [-0.4, -0.2) is 24.6 Å². The van der Waals surface area contributed by atoms with E-state index in [1.807, 2.05) is 0 Å². The maximum absolute atomic E-state index is 14.0. The summed E-state index contributed by atoms with van der Waals surface area (Å²) in [7, 11) is -4.05. The van der Waals surface area contributed by atoms with Crippen molar-refractivity contribution in [2.24, 2.45) is 5.14 Å². The Morgan fingerprint density at radius 2 is 2.00 bits per heavy atom. The molecule has 0 bridgehead atoms. The molecule has 0 aliphatic rings. The van der Waals surface area contributed by atoms with Crippen molar-refractivity contribution in [3.63, 3.8) is 0 Å². The number of anilines is 1. The number of halogens is 1. The summed E-state index contributed by atoms with van der Waals surface area (Å²) >= 11 is 0. The number of nitrogens with zero attached hydrogens (tertiary/aromatic N) is 2. The number of carbonyl (C=O) groups is 1. The summed E-state index contributed by atoms with van der Waals surface area (Å²) in [6.45, 7) is 0. The molecule has 0 fully saturated rings. The van der Waals surface area contributed by atoms with Crippen molar-refractivity contribution in [1.29, 1.82) is 0 Å². The summed E-state index contributed by atoms with van der Waals surface area (Å²) < 4.78 is 40.8. The zero-order valence-corrected chi connectivity index (χ0v) is 12.2. The number of amides is 1. The lowest BCUT2D eigenvalue weighted by Crippen LogP contribution is -2.16. The van der Waals surface area contributed by atoms with Crippen molar-refractivity contribution >= 4 is 32.7 Å². The van der Waals surface area contributed by atoms with Gasteiger partial charge in [-0.1, -0.05) is 6.07 Å². The maximum Gasteiger partial charge on any atom is 0.258 e. The van der Waals surface area contributed by atoms with Gasteiger partial charge in [-0.3, -0.25) is 4.79 Å². The molecular formula is C13H9FN4O4S. The standard InChI is InChI=1S/C13H9FN4O4S/c14-9-6-7(23(15,20)21)4-5-8(9)13(19)16-10-2-1-3-11-12(10)18-22-17-11/h1-6H,(H,16,19)(H2,15,20,21). The van der Waals surface area contributed by atoms with Gasteiger partial charge in [0.1, 0.15) is 11.3 Å². The summed E-state index contributed by atoms with van der Waals surface area (Å²) in [5.41, 5.74) is 0.671. The molecule has 0 radical (unpaired) electrons. The van der Waals surface area contributed by atoms with Crippen LogP contribution in [0.25, 0.3) is 11.0 Å². The lowest BCUT2D eigenvalue weighted by Gasteiger charge is -2.07. The molecular weight excluding hydrogens is 327 g/mol. The number of rotatable bonds is 3. The zero-order chi connectivity index (χ0) is 16.6. The second-order valence-corrected chi connectivity index (χ2v) is 6.14. The number of hydrogen-bond acceptors (Lipinski definition) is 6. The highest BCUT2D eigenvalue weighted by molar-refractivity contribution is 7.89. The third-order valence-corrected chi connectivity index (χ3v) is 3.96. The Bertz CT molecular complexity index is 1020. The Labute approximate surface area is 129 Å². The van der Waals surface area contributed by atoms with Gasteiger partial charge in [-0.05, 0) is 40.6 Å². The quantitative estimate of drug-likeness (QED) is 0.741. The lowest BCUT2D eigenvalue weighted by atomic mass is 10.2. The Morgan fingerprint density at radius 3 is 2.70 bits per heavy atom. The molecule has 0 aliphatic heterocycles. The summed E-state index contributed by atoms with van der Waals surface area (Å²) in [4.78, 5) is 11.7. The average Bonchev–Trinajstić information content (AvgIpc) is 2.95. The molecule has 3 N–H and O–H groups in total. The van der Waals surface area contributed by atoms with Gasteiger partial charge in [-0.2, -0.15) is 0 Å². The fourth-order valence-corrected chi connectivity index (χ4v) is 2.48. The minimum Gasteiger partial charge on any atom is -0.320 e. The van der Waals surface area contributed by atoms with Crippen molar-refractivity contribution < 1.29 is 22.2 Å². The van der Waals surface area contributed by atoms with E-state index in [0.717, 1.165) is 12.1 Å². The van der Waals surface area contributed by atoms with Gasteiger partial charge in [0.2, 0.25) is 10.0 Å². The lowest BCUT2D eigenvalue weighted by molar-refractivity contribution is 0.102. The minimum atomic E-state index is -4.05. The van der Waals surface area contributed by atoms with Gasteiger partial charge in [0, 0.05) is 0 Å². The molecule has 118 valence electrons. The molecule has 2 aromatic carbocycles. The fourth-order valence-electron chi connectivity index (χ4n) is 1.95. The predicted molar refractivity (Wildman–Crippen MR) is 77.5 cm³/mol. The summed E-state index contributed by atoms with van der Waals surface area (Å²) in [5.74, 6) is -1.79. The van der Waals surface area contributed by atoms with E-state index in [1.165, 1.54) is 0 Å². The second-order valence-electron chi connectivity index (χ2n) is 4.58. The summed E-state index contributed by atoms with van der Waals surface area (Å²) in [5, 5.41) is 14.6. The number of hydrogen-bond donors (Lipinski definition) is 2. The van der Waals surface area contributed by atoms with Gasteiger partial charge in [0.15, 0.2) is 5.52 Å². The van der Waals surface area contributed by atoms with Gasteiger partial charge in [-0.25, -0.2) is 22.6 Å². The molecule has 1 amide bonds. The van der Waals surface area contributed by atoms with Gasteiger partial charge in [-0.15, -0.1) is 0 Å². The van der Waals surface area contributed by atoms with Crippen molar-refractivity contribution in [1.82, 2.24) is 10.3 Å². The first kappa shape index (κ1) is 15.1. The normalized spacial score (nSPS) is 11.6. The molecule has 0 atom stereocenters. The minimum absolute atomic E-state index is 0.281. The molecule has 0 unspecified atom stereocenters. The van der Waals surface area contributed by atoms with Crippen LogP contribution >= 0.6 is 0 Å². The van der Waals surface area contributed by atoms with E-state index in [4.69, 9.17) is 5.14 Å². The van der Waals surface area contributed by atoms with Crippen LogP contribution in [0.2, 0.25) is 0 Å². The van der Waals surface area contributed by atoms with Crippen molar-refractivity contribution in [3.05, 3.63) is 47.8 Å². The molecule has 8 nitrogen and oxygen atoms in total. The second kappa shape index (κ2) is 5.41. The molecule has 10 heteroatoms. The fraction of sp³-hybridized carbons (Fsp3) is 0. The maximum atomic E-state index is 14.0. The van der Waals surface area contributed by atoms with Gasteiger partial charge in [0.25, 0.3) is 5.91 Å². The smallest absolute Gasteiger partial charge is 0.258 e. The van der Waals surface area contributed by atoms with Gasteiger partial charge < -0.3 is 5.32 Å². The highest BCUT2D eigenvalue weighted by atomic mass is 32.2. The summed E-state index contributed by atoms with van der Waals surface area (Å²) in [6, 6.07) is 7.55. The van der Waals surface area contributed by atoms with E-state index in [1.54, 1.807) is 18.2 Å². The van der Waals surface area contributed by atoms with Crippen molar-refractivity contribution in [2.75, 3.05) is 5.32 Å². The molecule has 1 aromatic heterocycles. The van der Waals surface area contributed by atoms with Crippen molar-refractivity contribution in [2.45, 2.75) is 4.90 Å². The highest BCUT2D eigenvalue weighted by Crippen LogP contribution is 2.21. The Morgan fingerprint density at radius 1 is 1.22 bits per heavy atom. The van der Waals surface area contributed by atoms with Gasteiger partial charge >= 0.3 is 0 Å². The molecule has 3 aromatic rings. The van der Waals surface area contributed by atoms with Crippen LogP contribution in [0.5, 0.6) is 0 Å². The largest absolute Gasteiger partial charge is 0.320 e. The first-order chi connectivity index (χ1) is 10.9. The van der Waals surface area contributed by atoms with Crippen molar-refractivity contribution in [3.8, 4) is 0 Å². The van der Waals surface area contributed by atoms with Crippen LogP contribution in [0.4, 0.5) is 10.1 Å². The number of carbonyl (C=O) groups excluding carboxylic acids is 1. The van der Waals surface area contributed by atoms with Crippen LogP contribution < -0.4 is 10.5 Å². The molecule has 0 spiro atoms. The van der Waals surface area contributed by atoms with E-state index in [-0.39, 0.29) is 11.3 Å². The third-order valence-electron chi connectivity index (χ3n) is 3.05. The number of aromatic nitrogens is 2. The van der Waals surface area contributed by atoms with E-state index >= 15 is 0 Å². The predicted octanol–water partition coefficient (Wildman–Crippen LogP) is 1.26. The van der Waals surface area contributed by atoms with Gasteiger partial charge in [0.05, 0.1) is 16.1 Å². The Balaban J connectivity index is 1.94. The molecule has 1 heterocycles. The number of nitrogens with one attached hydrogen (secondary N) is 1. The monoisotopic (exact) mass is 336 g/mol. The Hall–Kier alpha value is -2.85. The van der Waals surface area contributed by atoms with E-state index in [0.29, 0.717) is 17.1 Å². The van der Waals surface area contributed by atoms with E-state index in [2.05, 4.69) is 20.3 Å². The SMILES string of the molecule is NS(=O)(=O)c1ccc(C(=O)Nc2cccc3nonc23)c(F)c1. The number of benzene rings is 2. The molecule has 0 saturated carbocycles. The van der Waals surface area contributed by atoms with E-state index < -0.39 is 26.6 Å². The first-order valence-corrected chi connectivity index (χ1v) is 7.76. The zero-order valence-electron chi connectivity index (χ0n) is 11.4. The van der Waals surface area contributed by atoms with Crippen LogP contribution in [0.3, 0.4) is 0 Å². The topological polar surface area (TPSA) is 128 Å². The molecule has 23 heavy (non-hydrogen) atoms. The first-order valence-electron chi connectivity index (χ1n) is 6.21. The van der Waals surface area contributed by atoms with Crippen LogP contribution in [0.15, 0.2) is 45.9 Å². The third kappa shape index (κ3) is 2.89. The number of sulfonamides is 1. The molecule has 0 saturated heterocycles. The molecule has 3 rings (SSSR count). The molecule has 0 aliphatic carbocycles. The van der Waals surface area contributed by atoms with Crippen LogP contribution in [-0.2, 0) is 10.0 Å². The Kier molecular flexibility index (Phi) is 3.54. The highest BCUT2D eigenvalue weighted by Gasteiger charge is 2.17. The van der Waals surface area contributed by atoms with Crippen LogP contribution in [0, 0.1) is 5.82 Å². The average molecular weight is 336 g/mol. The number of nitrogens with two attached hydrogens (primary N) is 1. The number of primary sulfonamides is 1. The van der Waals surface area contributed by atoms with Crippen LogP contribution in [0.1, 0.15) is 10.4 Å². The summed E-state index contributed by atoms with van der Waals surface area (Å²) in [6.07, 6.45) is 0. The number of fused-ring (bicyclic) bond motifs is 1.